The molecule has 84 valence electrons. The molecule has 0 saturated carbocycles. The van der Waals surface area contributed by atoms with Gasteiger partial charge in [-0.15, -0.1) is 10.1 Å². The Morgan fingerprint density at radius 1 is 1.21 bits per heavy atom. The van der Waals surface area contributed by atoms with Crippen LogP contribution < -0.4 is 0 Å². The first-order chi connectivity index (χ1) is 6.70. The Labute approximate surface area is 85.7 Å². The van der Waals surface area contributed by atoms with Crippen LogP contribution in [0.4, 0.5) is 0 Å². The number of unbranched alkanes of at least 4 members (excludes halogenated alkanes) is 4. The second-order valence-corrected chi connectivity index (χ2v) is 3.56. The van der Waals surface area contributed by atoms with E-state index >= 15 is 0 Å². The molecular weight excluding hydrogens is 182 g/mol. The van der Waals surface area contributed by atoms with E-state index in [0.29, 0.717) is 0 Å². The van der Waals surface area contributed by atoms with Crippen molar-refractivity contribution in [3.05, 3.63) is 10.1 Å². The minimum Gasteiger partial charge on any atom is -0.311 e. The quantitative estimate of drug-likeness (QED) is 0.328. The summed E-state index contributed by atoms with van der Waals surface area (Å²) in [6.45, 7) is 4.09. The van der Waals surface area contributed by atoms with Gasteiger partial charge in [-0.05, 0) is 12.8 Å². The highest BCUT2D eigenvalue weighted by molar-refractivity contribution is 4.54. The van der Waals surface area contributed by atoms with Gasteiger partial charge in [0.05, 0.1) is 0 Å². The van der Waals surface area contributed by atoms with E-state index in [0.717, 1.165) is 25.7 Å². The minimum atomic E-state index is -0.680. The molecule has 0 aliphatic rings. The number of hydrogen-bond donors (Lipinski definition) is 0. The maximum Gasteiger partial charge on any atom is 0.294 e. The lowest BCUT2D eigenvalue weighted by atomic mass is 10.1. The molecule has 0 aliphatic carbocycles. The molecule has 0 saturated heterocycles. The maximum absolute atomic E-state index is 10.1. The van der Waals surface area contributed by atoms with Gasteiger partial charge < -0.3 is 4.84 Å². The third-order valence-corrected chi connectivity index (χ3v) is 2.32. The monoisotopic (exact) mass is 203 g/mol. The molecular formula is C10H21NO3. The molecule has 1 unspecified atom stereocenters. The van der Waals surface area contributed by atoms with Gasteiger partial charge in [-0.2, -0.15) is 0 Å². The van der Waals surface area contributed by atoms with Crippen LogP contribution in [0.3, 0.4) is 0 Å². The van der Waals surface area contributed by atoms with Crippen molar-refractivity contribution in [2.24, 2.45) is 0 Å². The number of rotatable bonds is 9. The predicted octanol–water partition coefficient (Wildman–Crippen LogP) is 3.33. The normalized spacial score (nSPS) is 12.4. The Balaban J connectivity index is 3.38. The van der Waals surface area contributed by atoms with Crippen molar-refractivity contribution in [3.8, 4) is 0 Å². The van der Waals surface area contributed by atoms with Crippen LogP contribution in [0.2, 0.25) is 0 Å². The van der Waals surface area contributed by atoms with Crippen molar-refractivity contribution < 1.29 is 9.92 Å². The first kappa shape index (κ1) is 13.2. The average Bonchev–Trinajstić information content (AvgIpc) is 2.15. The van der Waals surface area contributed by atoms with Crippen LogP contribution >= 0.6 is 0 Å². The van der Waals surface area contributed by atoms with E-state index in [1.807, 2.05) is 6.92 Å². The summed E-state index contributed by atoms with van der Waals surface area (Å²) in [6, 6.07) is 0. The molecule has 14 heavy (non-hydrogen) atoms. The zero-order valence-electron chi connectivity index (χ0n) is 9.20. The number of hydrogen-bond acceptors (Lipinski definition) is 3. The molecule has 4 heteroatoms. The summed E-state index contributed by atoms with van der Waals surface area (Å²) in [6.07, 6.45) is 7.22. The van der Waals surface area contributed by atoms with Crippen LogP contribution in [0.15, 0.2) is 0 Å². The Morgan fingerprint density at radius 2 is 1.86 bits per heavy atom. The standard InChI is InChI=1S/C10H21NO3/c1-3-5-6-7-8-9-10(4-2)14-11(12)13/h10H,3-9H2,1-2H3. The van der Waals surface area contributed by atoms with Gasteiger partial charge in [0.2, 0.25) is 0 Å². The molecule has 0 aromatic rings. The number of nitrogens with zero attached hydrogens (tertiary/aromatic N) is 1. The summed E-state index contributed by atoms with van der Waals surface area (Å²) in [5.74, 6) is 0. The van der Waals surface area contributed by atoms with E-state index in [2.05, 4.69) is 11.8 Å². The van der Waals surface area contributed by atoms with Crippen LogP contribution in [-0.2, 0) is 4.84 Å². The van der Waals surface area contributed by atoms with Crippen LogP contribution in [0.1, 0.15) is 58.8 Å². The van der Waals surface area contributed by atoms with Crippen LogP contribution in [0, 0.1) is 10.1 Å². The highest BCUT2D eigenvalue weighted by Crippen LogP contribution is 2.11. The highest BCUT2D eigenvalue weighted by atomic mass is 17.0. The Bertz CT molecular complexity index is 150. The van der Waals surface area contributed by atoms with E-state index in [9.17, 15) is 10.1 Å². The van der Waals surface area contributed by atoms with Gasteiger partial charge in [0.25, 0.3) is 5.09 Å². The van der Waals surface area contributed by atoms with Crippen molar-refractivity contribution >= 4 is 0 Å². The van der Waals surface area contributed by atoms with E-state index in [1.54, 1.807) is 0 Å². The summed E-state index contributed by atoms with van der Waals surface area (Å²) in [7, 11) is 0. The van der Waals surface area contributed by atoms with Crippen molar-refractivity contribution in [3.63, 3.8) is 0 Å². The lowest BCUT2D eigenvalue weighted by molar-refractivity contribution is -0.768. The van der Waals surface area contributed by atoms with Gasteiger partial charge in [-0.3, -0.25) is 0 Å². The van der Waals surface area contributed by atoms with E-state index in [1.165, 1.54) is 19.3 Å². The SMILES string of the molecule is CCCCCCCC(CC)O[N+](=O)[O-]. The van der Waals surface area contributed by atoms with Gasteiger partial charge in [-0.25, -0.2) is 0 Å². The molecule has 1 atom stereocenters. The Hall–Kier alpha value is -0.800. The molecule has 0 aromatic carbocycles. The van der Waals surface area contributed by atoms with Gasteiger partial charge in [0.15, 0.2) is 0 Å². The van der Waals surface area contributed by atoms with Crippen molar-refractivity contribution in [2.75, 3.05) is 0 Å². The molecule has 0 rings (SSSR count). The van der Waals surface area contributed by atoms with Crippen LogP contribution in [0.25, 0.3) is 0 Å². The zero-order chi connectivity index (χ0) is 10.8. The first-order valence-electron chi connectivity index (χ1n) is 5.51. The van der Waals surface area contributed by atoms with Crippen LogP contribution in [0.5, 0.6) is 0 Å². The van der Waals surface area contributed by atoms with Gasteiger partial charge >= 0.3 is 0 Å². The maximum atomic E-state index is 10.1. The van der Waals surface area contributed by atoms with Crippen molar-refractivity contribution in [1.82, 2.24) is 0 Å². The Morgan fingerprint density at radius 3 is 2.36 bits per heavy atom. The van der Waals surface area contributed by atoms with E-state index in [-0.39, 0.29) is 6.10 Å². The zero-order valence-corrected chi connectivity index (χ0v) is 9.20. The lowest BCUT2D eigenvalue weighted by Gasteiger charge is -2.11. The minimum absolute atomic E-state index is 0.202. The third-order valence-electron chi connectivity index (χ3n) is 2.32. The molecule has 0 radical (unpaired) electrons. The molecule has 0 spiro atoms. The molecule has 0 fully saturated rings. The largest absolute Gasteiger partial charge is 0.311 e. The first-order valence-corrected chi connectivity index (χ1v) is 5.51. The molecule has 0 aromatic heterocycles. The van der Waals surface area contributed by atoms with Crippen molar-refractivity contribution in [1.29, 1.82) is 0 Å². The fourth-order valence-electron chi connectivity index (χ4n) is 1.43. The van der Waals surface area contributed by atoms with E-state index in [4.69, 9.17) is 0 Å². The molecule has 0 amide bonds. The summed E-state index contributed by atoms with van der Waals surface area (Å²) in [4.78, 5) is 14.6. The topological polar surface area (TPSA) is 52.4 Å². The summed E-state index contributed by atoms with van der Waals surface area (Å²) >= 11 is 0. The second kappa shape index (κ2) is 8.78. The fraction of sp³-hybridized carbons (Fsp3) is 1.00. The molecule has 0 aliphatic heterocycles. The summed E-state index contributed by atoms with van der Waals surface area (Å²) < 4.78 is 0. The smallest absolute Gasteiger partial charge is 0.294 e. The summed E-state index contributed by atoms with van der Waals surface area (Å²) in [5.41, 5.74) is 0. The summed E-state index contributed by atoms with van der Waals surface area (Å²) in [5, 5.41) is 9.41. The van der Waals surface area contributed by atoms with Gasteiger partial charge in [-0.1, -0.05) is 46.0 Å². The molecule has 4 nitrogen and oxygen atoms in total. The van der Waals surface area contributed by atoms with Crippen molar-refractivity contribution in [2.45, 2.75) is 64.9 Å². The predicted molar refractivity (Wildman–Crippen MR) is 55.5 cm³/mol. The lowest BCUT2D eigenvalue weighted by Crippen LogP contribution is -2.15. The molecule has 0 N–H and O–H groups in total. The van der Waals surface area contributed by atoms with Gasteiger partial charge in [0.1, 0.15) is 6.10 Å². The average molecular weight is 203 g/mol. The molecule has 0 heterocycles. The van der Waals surface area contributed by atoms with Crippen LogP contribution in [-0.4, -0.2) is 11.2 Å². The Kier molecular flexibility index (Phi) is 8.28. The van der Waals surface area contributed by atoms with Gasteiger partial charge in [0, 0.05) is 0 Å². The fourth-order valence-corrected chi connectivity index (χ4v) is 1.43. The molecule has 0 bridgehead atoms. The van der Waals surface area contributed by atoms with E-state index < -0.39 is 5.09 Å². The highest BCUT2D eigenvalue weighted by Gasteiger charge is 2.09. The second-order valence-electron chi connectivity index (χ2n) is 3.56. The third kappa shape index (κ3) is 7.83.